The molecule has 3 aliphatic rings. The van der Waals surface area contributed by atoms with Crippen molar-refractivity contribution in [2.75, 3.05) is 67.0 Å². The van der Waals surface area contributed by atoms with Crippen LogP contribution in [0.3, 0.4) is 0 Å². The Bertz CT molecular complexity index is 1030. The third-order valence-corrected chi connectivity index (χ3v) is 8.00. The average Bonchev–Trinajstić information content (AvgIpc) is 3.42. The molecule has 3 rings (SSSR count). The summed E-state index contributed by atoms with van der Waals surface area (Å²) >= 11 is 0. The Balaban J connectivity index is 0. The molecule has 9 nitrogen and oxygen atoms in total. The number of aliphatic imine (C=N–C) groups is 2. The second-order valence-electron chi connectivity index (χ2n) is 11.5. The summed E-state index contributed by atoms with van der Waals surface area (Å²) in [5.74, 6) is 0. The van der Waals surface area contributed by atoms with Gasteiger partial charge in [0.1, 0.15) is 6.17 Å². The van der Waals surface area contributed by atoms with Gasteiger partial charge in [0.25, 0.3) is 0 Å². The van der Waals surface area contributed by atoms with Crippen LogP contribution in [0.25, 0.3) is 0 Å². The molecule has 3 aliphatic heterocycles. The summed E-state index contributed by atoms with van der Waals surface area (Å²) in [5.41, 5.74) is 15.9. The van der Waals surface area contributed by atoms with E-state index in [9.17, 15) is 5.26 Å². The monoisotopic (exact) mass is 652 g/mol. The highest BCUT2D eigenvalue weighted by atomic mass is 15.2. The molecule has 0 radical (unpaired) electrons. The lowest BCUT2D eigenvalue weighted by molar-refractivity contribution is 0.277. The Hall–Kier alpha value is -3.37. The Morgan fingerprint density at radius 1 is 1.11 bits per heavy atom. The number of nitrogens with zero attached hydrogens (tertiary/aromatic N) is 6. The van der Waals surface area contributed by atoms with Gasteiger partial charge in [-0.15, -0.1) is 12.8 Å². The molecular formula is C38H69N9. The van der Waals surface area contributed by atoms with Gasteiger partial charge in [-0.2, -0.15) is 5.26 Å². The van der Waals surface area contributed by atoms with Gasteiger partial charge in [0.15, 0.2) is 0 Å². The Morgan fingerprint density at radius 3 is 2.26 bits per heavy atom. The molecule has 9 heteroatoms. The lowest BCUT2D eigenvalue weighted by atomic mass is 10.1. The van der Waals surface area contributed by atoms with Crippen LogP contribution in [0.2, 0.25) is 0 Å². The third-order valence-electron chi connectivity index (χ3n) is 8.00. The van der Waals surface area contributed by atoms with Crippen molar-refractivity contribution in [1.29, 1.82) is 5.26 Å². The Labute approximate surface area is 289 Å². The summed E-state index contributed by atoms with van der Waals surface area (Å²) in [6, 6.07) is 2.25. The third kappa shape index (κ3) is 21.2. The van der Waals surface area contributed by atoms with Crippen LogP contribution in [0.15, 0.2) is 56.5 Å². The van der Waals surface area contributed by atoms with Gasteiger partial charge in [-0.3, -0.25) is 15.3 Å². The number of terminal acetylenes is 1. The van der Waals surface area contributed by atoms with E-state index >= 15 is 0 Å². The number of hydrogen-bond acceptors (Lipinski definition) is 9. The SMILES string of the molecule is C#C.C/C=C(C#N)\C=C(/C)N1CCC2=C(CC1)N(C)CC(NCCCCCC)N=C2.CC.CN1CCCCC1.CN=C/C(=C\N)CN. The molecule has 0 aromatic heterocycles. The number of likely N-dealkylation sites (N-methyl/N-ethyl adjacent to an activating group) is 1. The van der Waals surface area contributed by atoms with Gasteiger partial charge < -0.3 is 26.2 Å². The van der Waals surface area contributed by atoms with E-state index in [1.54, 1.807) is 13.3 Å². The normalized spacial score (nSPS) is 18.9. The van der Waals surface area contributed by atoms with Crippen molar-refractivity contribution in [3.8, 4) is 18.9 Å². The number of nitrogens with two attached hydrogens (primary N) is 2. The van der Waals surface area contributed by atoms with Crippen molar-refractivity contribution in [3.63, 3.8) is 0 Å². The maximum Gasteiger partial charge on any atom is 0.117 e. The molecule has 47 heavy (non-hydrogen) atoms. The van der Waals surface area contributed by atoms with Crippen molar-refractivity contribution < 1.29 is 0 Å². The van der Waals surface area contributed by atoms with E-state index in [4.69, 9.17) is 16.5 Å². The molecule has 0 aromatic carbocycles. The Morgan fingerprint density at radius 2 is 1.77 bits per heavy atom. The van der Waals surface area contributed by atoms with Gasteiger partial charge in [-0.1, -0.05) is 52.5 Å². The molecule has 0 spiro atoms. The van der Waals surface area contributed by atoms with Crippen LogP contribution in [0, 0.1) is 24.2 Å². The summed E-state index contributed by atoms with van der Waals surface area (Å²) < 4.78 is 0. The average molecular weight is 652 g/mol. The van der Waals surface area contributed by atoms with Gasteiger partial charge >= 0.3 is 0 Å². The lowest BCUT2D eigenvalue weighted by Crippen LogP contribution is -2.38. The quantitative estimate of drug-likeness (QED) is 0.0860. The van der Waals surface area contributed by atoms with Crippen molar-refractivity contribution in [2.45, 2.75) is 98.6 Å². The van der Waals surface area contributed by atoms with Gasteiger partial charge in [0.05, 0.1) is 12.6 Å². The molecule has 1 unspecified atom stereocenters. The molecule has 1 fully saturated rings. The van der Waals surface area contributed by atoms with E-state index in [2.05, 4.69) is 78.1 Å². The number of allylic oxidation sites excluding steroid dienone is 4. The van der Waals surface area contributed by atoms with Gasteiger partial charge in [-0.05, 0) is 89.6 Å². The van der Waals surface area contributed by atoms with Crippen molar-refractivity contribution >= 4 is 12.4 Å². The highest BCUT2D eigenvalue weighted by Crippen LogP contribution is 2.24. The fourth-order valence-corrected chi connectivity index (χ4v) is 5.25. The molecular weight excluding hydrogens is 582 g/mol. The number of hydrogen-bond donors (Lipinski definition) is 3. The molecule has 1 saturated heterocycles. The minimum atomic E-state index is 0.184. The summed E-state index contributed by atoms with van der Waals surface area (Å²) in [6.45, 7) is 17.3. The van der Waals surface area contributed by atoms with E-state index in [1.807, 2.05) is 32.9 Å². The number of piperidine rings is 1. The smallest absolute Gasteiger partial charge is 0.117 e. The molecule has 5 N–H and O–H groups in total. The van der Waals surface area contributed by atoms with Gasteiger partial charge in [0, 0.05) is 69.5 Å². The number of rotatable bonds is 10. The Kier molecular flexibility index (Phi) is 30.4. The van der Waals surface area contributed by atoms with E-state index in [0.29, 0.717) is 6.54 Å². The standard InChI is InChI=1S/C23H37N5.C6H13N.C5H11N3.C2H6.C2H2/c1-5-7-8-9-12-25-23-18-27(4)22-11-14-28(13-10-21(22)17-26-23)19(3)15-20(6-2)16-24;1-7-5-3-2-4-6-7;1-8-4-5(2-6)3-7;2*1-2/h6,15,17,23,25H,5,7-14,18H2,1-4H3;2-6H2,1H3;2,4H,3,6-7H2,1H3;1-2H3;1-2H/b19-15+,20-6+;;5-2-,8-4?;;. The predicted octanol–water partition coefficient (Wildman–Crippen LogP) is 6.09. The molecule has 0 bridgehead atoms. The first-order valence-electron chi connectivity index (χ1n) is 17.6. The maximum absolute atomic E-state index is 9.17. The van der Waals surface area contributed by atoms with Crippen molar-refractivity contribution in [2.24, 2.45) is 21.5 Å². The molecule has 3 heterocycles. The fraction of sp³-hybridized carbons (Fsp3) is 0.658. The zero-order valence-corrected chi connectivity index (χ0v) is 31.3. The van der Waals surface area contributed by atoms with E-state index in [-0.39, 0.29) is 6.17 Å². The van der Waals surface area contributed by atoms with Crippen molar-refractivity contribution in [3.05, 3.63) is 46.5 Å². The minimum Gasteiger partial charge on any atom is -0.404 e. The predicted molar refractivity (Wildman–Crippen MR) is 206 cm³/mol. The van der Waals surface area contributed by atoms with Crippen molar-refractivity contribution in [1.82, 2.24) is 20.0 Å². The minimum absolute atomic E-state index is 0.184. The van der Waals surface area contributed by atoms with Gasteiger partial charge in [0.2, 0.25) is 0 Å². The summed E-state index contributed by atoms with van der Waals surface area (Å²) in [5, 5.41) is 12.8. The fourth-order valence-electron chi connectivity index (χ4n) is 5.25. The highest BCUT2D eigenvalue weighted by Gasteiger charge is 2.22. The van der Waals surface area contributed by atoms with Gasteiger partial charge in [-0.25, -0.2) is 0 Å². The second kappa shape index (κ2) is 31.2. The summed E-state index contributed by atoms with van der Waals surface area (Å²) in [7, 11) is 6.07. The molecule has 0 aromatic rings. The zero-order valence-electron chi connectivity index (χ0n) is 31.3. The molecule has 1 atom stereocenters. The summed E-state index contributed by atoms with van der Waals surface area (Å²) in [4.78, 5) is 15.7. The molecule has 0 aliphatic carbocycles. The zero-order chi connectivity index (χ0) is 35.9. The summed E-state index contributed by atoms with van der Waals surface area (Å²) in [6.07, 6.45) is 28.7. The molecule has 266 valence electrons. The van der Waals surface area contributed by atoms with Crippen LogP contribution in [-0.4, -0.2) is 100 Å². The van der Waals surface area contributed by atoms with Crippen LogP contribution < -0.4 is 16.8 Å². The maximum atomic E-state index is 9.17. The molecule has 0 amide bonds. The van der Waals surface area contributed by atoms with Crippen LogP contribution in [0.4, 0.5) is 0 Å². The largest absolute Gasteiger partial charge is 0.404 e. The number of likely N-dealkylation sites (tertiary alicyclic amines) is 1. The van der Waals surface area contributed by atoms with E-state index < -0.39 is 0 Å². The van der Waals surface area contributed by atoms with Crippen LogP contribution in [0.5, 0.6) is 0 Å². The first-order valence-corrected chi connectivity index (χ1v) is 17.6. The number of nitriles is 1. The van der Waals surface area contributed by atoms with Crippen LogP contribution >= 0.6 is 0 Å². The lowest BCUT2D eigenvalue weighted by Gasteiger charge is -2.27. The number of nitrogens with one attached hydrogen (secondary N) is 1. The highest BCUT2D eigenvalue weighted by molar-refractivity contribution is 5.80. The van der Waals surface area contributed by atoms with E-state index in [0.717, 1.165) is 50.2 Å². The topological polar surface area (TPSA) is 122 Å². The van der Waals surface area contributed by atoms with E-state index in [1.165, 1.54) is 81.2 Å². The number of unbranched alkanes of at least 4 members (excludes halogenated alkanes) is 3. The van der Waals surface area contributed by atoms with Crippen LogP contribution in [0.1, 0.15) is 92.4 Å². The second-order valence-corrected chi connectivity index (χ2v) is 11.5. The van der Waals surface area contributed by atoms with Crippen LogP contribution in [-0.2, 0) is 0 Å². The first kappa shape index (κ1) is 45.8. The first-order chi connectivity index (χ1) is 22.8. The molecule has 0 saturated carbocycles.